The molecule has 0 unspecified atom stereocenters. The fourth-order valence-electron chi connectivity index (χ4n) is 2.41. The molecule has 2 fully saturated rings. The Balaban J connectivity index is 2.26. The summed E-state index contributed by atoms with van der Waals surface area (Å²) in [6.45, 7) is 0. The molecular weight excluding hydrogens is 201 g/mol. The molecule has 0 aromatic carbocycles. The average molecular weight is 210 g/mol. The molecule has 0 radical (unpaired) electrons. The molecular formula is C8H9F3O3. The third kappa shape index (κ3) is 1.28. The van der Waals surface area contributed by atoms with Gasteiger partial charge in [-0.15, -0.1) is 0 Å². The van der Waals surface area contributed by atoms with E-state index in [1.54, 1.807) is 0 Å². The number of aliphatic carboxylic acids is 1. The molecule has 0 amide bonds. The molecule has 0 saturated carbocycles. The number of ether oxygens (including phenoxy) is 1. The van der Waals surface area contributed by atoms with Crippen molar-refractivity contribution in [1.29, 1.82) is 0 Å². The van der Waals surface area contributed by atoms with Crippen LogP contribution in [0, 0.1) is 11.8 Å². The molecule has 6 heteroatoms. The smallest absolute Gasteiger partial charge is 0.395 e. The summed E-state index contributed by atoms with van der Waals surface area (Å²) in [5, 5.41) is 8.69. The molecule has 2 saturated heterocycles. The Morgan fingerprint density at radius 2 is 1.86 bits per heavy atom. The second-order valence-corrected chi connectivity index (χ2v) is 3.72. The van der Waals surface area contributed by atoms with Crippen LogP contribution in [0.25, 0.3) is 0 Å². The quantitative estimate of drug-likeness (QED) is 0.712. The zero-order chi connectivity index (χ0) is 10.5. The zero-order valence-electron chi connectivity index (χ0n) is 7.12. The van der Waals surface area contributed by atoms with E-state index in [0.29, 0.717) is 12.8 Å². The first-order chi connectivity index (χ1) is 6.41. The fraction of sp³-hybridized carbons (Fsp3) is 0.875. The summed E-state index contributed by atoms with van der Waals surface area (Å²) in [4.78, 5) is 10.7. The van der Waals surface area contributed by atoms with E-state index < -0.39 is 36.2 Å². The van der Waals surface area contributed by atoms with Gasteiger partial charge in [0.15, 0.2) is 0 Å². The molecule has 0 aliphatic carbocycles. The fourth-order valence-corrected chi connectivity index (χ4v) is 2.41. The maximum atomic E-state index is 12.5. The molecule has 14 heavy (non-hydrogen) atoms. The van der Waals surface area contributed by atoms with Crippen LogP contribution in [0.5, 0.6) is 0 Å². The molecule has 2 aliphatic heterocycles. The highest BCUT2D eigenvalue weighted by Crippen LogP contribution is 2.50. The van der Waals surface area contributed by atoms with E-state index in [0.717, 1.165) is 0 Å². The average Bonchev–Trinajstić information content (AvgIpc) is 2.58. The summed E-state index contributed by atoms with van der Waals surface area (Å²) >= 11 is 0. The minimum absolute atomic E-state index is 0.318. The van der Waals surface area contributed by atoms with E-state index in [1.807, 2.05) is 0 Å². The van der Waals surface area contributed by atoms with Crippen molar-refractivity contribution < 1.29 is 27.8 Å². The van der Waals surface area contributed by atoms with Crippen molar-refractivity contribution in [3.05, 3.63) is 0 Å². The van der Waals surface area contributed by atoms with Gasteiger partial charge in [0, 0.05) is 0 Å². The molecule has 0 aromatic rings. The highest BCUT2D eigenvalue weighted by molar-refractivity contribution is 5.72. The molecule has 0 aromatic heterocycles. The Bertz CT molecular complexity index is 263. The van der Waals surface area contributed by atoms with E-state index >= 15 is 0 Å². The number of fused-ring (bicyclic) bond motifs is 2. The van der Waals surface area contributed by atoms with Crippen molar-refractivity contribution in [2.24, 2.45) is 11.8 Å². The van der Waals surface area contributed by atoms with Crippen LogP contribution in [0.3, 0.4) is 0 Å². The maximum Gasteiger partial charge on any atom is 0.395 e. The number of hydrogen-bond acceptors (Lipinski definition) is 2. The summed E-state index contributed by atoms with van der Waals surface area (Å²) in [6, 6.07) is 0. The van der Waals surface area contributed by atoms with Crippen molar-refractivity contribution >= 4 is 5.97 Å². The lowest BCUT2D eigenvalue weighted by atomic mass is 9.79. The molecule has 80 valence electrons. The number of hydrogen-bond donors (Lipinski definition) is 1. The van der Waals surface area contributed by atoms with Crippen LogP contribution in [0.4, 0.5) is 13.2 Å². The molecule has 1 N–H and O–H groups in total. The van der Waals surface area contributed by atoms with Crippen LogP contribution in [0.2, 0.25) is 0 Å². The lowest BCUT2D eigenvalue weighted by Gasteiger charge is -2.26. The van der Waals surface area contributed by atoms with Gasteiger partial charge in [-0.1, -0.05) is 0 Å². The van der Waals surface area contributed by atoms with Crippen molar-refractivity contribution in [2.75, 3.05) is 0 Å². The third-order valence-corrected chi connectivity index (χ3v) is 2.94. The molecule has 3 nitrogen and oxygen atoms in total. The second-order valence-electron chi connectivity index (χ2n) is 3.72. The van der Waals surface area contributed by atoms with Crippen LogP contribution in [-0.2, 0) is 9.53 Å². The minimum Gasteiger partial charge on any atom is -0.481 e. The lowest BCUT2D eigenvalue weighted by molar-refractivity contribution is -0.201. The zero-order valence-corrected chi connectivity index (χ0v) is 7.12. The largest absolute Gasteiger partial charge is 0.481 e. The third-order valence-electron chi connectivity index (χ3n) is 2.94. The van der Waals surface area contributed by atoms with Gasteiger partial charge in [0.1, 0.15) is 0 Å². The first-order valence-electron chi connectivity index (χ1n) is 4.36. The van der Waals surface area contributed by atoms with E-state index in [2.05, 4.69) is 0 Å². The van der Waals surface area contributed by atoms with Crippen LogP contribution in [0.1, 0.15) is 12.8 Å². The first kappa shape index (κ1) is 9.76. The van der Waals surface area contributed by atoms with Gasteiger partial charge in [-0.05, 0) is 12.8 Å². The second kappa shape index (κ2) is 2.85. The molecule has 2 bridgehead atoms. The number of carboxylic acids is 1. The van der Waals surface area contributed by atoms with Gasteiger partial charge in [0.25, 0.3) is 0 Å². The molecule has 2 aliphatic rings. The Morgan fingerprint density at radius 3 is 2.29 bits per heavy atom. The van der Waals surface area contributed by atoms with Gasteiger partial charge in [-0.3, -0.25) is 4.79 Å². The number of carbonyl (C=O) groups is 1. The molecule has 0 spiro atoms. The highest BCUT2D eigenvalue weighted by atomic mass is 19.4. The van der Waals surface area contributed by atoms with Crippen molar-refractivity contribution in [2.45, 2.75) is 31.2 Å². The van der Waals surface area contributed by atoms with E-state index in [-0.39, 0.29) is 0 Å². The van der Waals surface area contributed by atoms with Crippen molar-refractivity contribution in [3.8, 4) is 0 Å². The number of alkyl halides is 3. The van der Waals surface area contributed by atoms with Crippen molar-refractivity contribution in [3.63, 3.8) is 0 Å². The number of halogens is 3. The van der Waals surface area contributed by atoms with Gasteiger partial charge in [0.2, 0.25) is 0 Å². The topological polar surface area (TPSA) is 46.5 Å². The van der Waals surface area contributed by atoms with E-state index in [9.17, 15) is 18.0 Å². The predicted molar refractivity (Wildman–Crippen MR) is 38.6 cm³/mol. The van der Waals surface area contributed by atoms with E-state index in [4.69, 9.17) is 9.84 Å². The minimum atomic E-state index is -4.47. The van der Waals surface area contributed by atoms with Crippen LogP contribution < -0.4 is 0 Å². The van der Waals surface area contributed by atoms with E-state index in [1.165, 1.54) is 0 Å². The van der Waals surface area contributed by atoms with Gasteiger partial charge >= 0.3 is 12.1 Å². The SMILES string of the molecule is O=C(O)[C@H]1[C@@H](C(F)(F)F)[C@H]2CC[C@H]1O2. The Labute approximate surface area is 77.8 Å². The van der Waals surface area contributed by atoms with Crippen LogP contribution in [-0.4, -0.2) is 29.5 Å². The molecule has 2 heterocycles. The monoisotopic (exact) mass is 210 g/mol. The predicted octanol–water partition coefficient (Wildman–Crippen LogP) is 1.43. The molecule has 4 atom stereocenters. The van der Waals surface area contributed by atoms with Gasteiger partial charge in [-0.25, -0.2) is 0 Å². The lowest BCUT2D eigenvalue weighted by Crippen LogP contribution is -2.42. The Hall–Kier alpha value is -0.780. The number of rotatable bonds is 1. The summed E-state index contributed by atoms with van der Waals surface area (Å²) in [6.07, 6.45) is -5.42. The summed E-state index contributed by atoms with van der Waals surface area (Å²) in [7, 11) is 0. The Kier molecular flexibility index (Phi) is 1.99. The van der Waals surface area contributed by atoms with Crippen molar-refractivity contribution in [1.82, 2.24) is 0 Å². The number of carboxylic acid groups (broad SMARTS) is 1. The summed E-state index contributed by atoms with van der Waals surface area (Å²) in [5.41, 5.74) is 0. The standard InChI is InChI=1S/C8H9F3O3/c9-8(10,11)6-4-2-1-3(14-4)5(6)7(12)13/h3-6H,1-2H2,(H,12,13)/t3-,4-,5-,6+/m1/s1. The summed E-state index contributed by atoms with van der Waals surface area (Å²) < 4.78 is 42.4. The highest BCUT2D eigenvalue weighted by Gasteiger charge is 2.62. The normalized spacial score (nSPS) is 41.6. The van der Waals surface area contributed by atoms with Crippen LogP contribution in [0.15, 0.2) is 0 Å². The van der Waals surface area contributed by atoms with Gasteiger partial charge < -0.3 is 9.84 Å². The Morgan fingerprint density at radius 1 is 1.29 bits per heavy atom. The van der Waals surface area contributed by atoms with Crippen LogP contribution >= 0.6 is 0 Å². The van der Waals surface area contributed by atoms with Gasteiger partial charge in [-0.2, -0.15) is 13.2 Å². The summed E-state index contributed by atoms with van der Waals surface area (Å²) in [5.74, 6) is -4.63. The maximum absolute atomic E-state index is 12.5. The first-order valence-corrected chi connectivity index (χ1v) is 4.36. The molecule has 2 rings (SSSR count). The van der Waals surface area contributed by atoms with Gasteiger partial charge in [0.05, 0.1) is 24.0 Å².